The SMILES string of the molecule is COc1ccccc1C1=COC2C(CCC3OCN(CCc4cccs4)CC32)C1=O. The van der Waals surface area contributed by atoms with Crippen LogP contribution in [0, 0.1) is 11.8 Å². The summed E-state index contributed by atoms with van der Waals surface area (Å²) in [6.07, 6.45) is 4.49. The van der Waals surface area contributed by atoms with Crippen molar-refractivity contribution >= 4 is 22.7 Å². The zero-order chi connectivity index (χ0) is 20.5. The van der Waals surface area contributed by atoms with E-state index in [1.165, 1.54) is 4.88 Å². The van der Waals surface area contributed by atoms with E-state index in [1.54, 1.807) is 24.7 Å². The van der Waals surface area contributed by atoms with Crippen LogP contribution in [-0.4, -0.2) is 49.8 Å². The third kappa shape index (κ3) is 3.68. The third-order valence-corrected chi connectivity index (χ3v) is 7.53. The summed E-state index contributed by atoms with van der Waals surface area (Å²) in [5.74, 6) is 0.982. The van der Waals surface area contributed by atoms with Gasteiger partial charge in [0.25, 0.3) is 0 Å². The average Bonchev–Trinajstić information content (AvgIpc) is 3.31. The smallest absolute Gasteiger partial charge is 0.173 e. The predicted molar refractivity (Wildman–Crippen MR) is 116 cm³/mol. The summed E-state index contributed by atoms with van der Waals surface area (Å²) in [4.78, 5) is 17.2. The summed E-state index contributed by atoms with van der Waals surface area (Å²) in [7, 11) is 1.63. The van der Waals surface area contributed by atoms with Crippen molar-refractivity contribution in [3.05, 3.63) is 58.5 Å². The molecule has 0 N–H and O–H groups in total. The molecule has 4 unspecified atom stereocenters. The number of Topliss-reactive ketones (excluding diaryl/α,β-unsaturated/α-hetero) is 1. The number of methoxy groups -OCH3 is 1. The van der Waals surface area contributed by atoms with Gasteiger partial charge in [-0.1, -0.05) is 24.3 Å². The van der Waals surface area contributed by atoms with E-state index in [4.69, 9.17) is 14.2 Å². The number of benzene rings is 1. The van der Waals surface area contributed by atoms with E-state index in [-0.39, 0.29) is 29.8 Å². The Morgan fingerprint density at radius 2 is 2.10 bits per heavy atom. The average molecular weight is 426 g/mol. The molecule has 2 aromatic rings. The number of ether oxygens (including phenoxy) is 3. The number of nitrogens with zero attached hydrogens (tertiary/aromatic N) is 1. The normalized spacial score (nSPS) is 28.8. The van der Waals surface area contributed by atoms with E-state index in [2.05, 4.69) is 22.4 Å². The lowest BCUT2D eigenvalue weighted by Crippen LogP contribution is -2.56. The number of carbonyl (C=O) groups is 1. The molecule has 1 saturated carbocycles. The molecule has 30 heavy (non-hydrogen) atoms. The summed E-state index contributed by atoms with van der Waals surface area (Å²) in [6.45, 7) is 2.56. The topological polar surface area (TPSA) is 48.0 Å². The van der Waals surface area contributed by atoms with E-state index < -0.39 is 0 Å². The second kappa shape index (κ2) is 8.53. The minimum absolute atomic E-state index is 0.112. The molecule has 1 aromatic heterocycles. The van der Waals surface area contributed by atoms with Gasteiger partial charge in [0.1, 0.15) is 11.9 Å². The zero-order valence-electron chi connectivity index (χ0n) is 17.2. The van der Waals surface area contributed by atoms with Gasteiger partial charge in [0.2, 0.25) is 0 Å². The molecule has 2 fully saturated rings. The maximum atomic E-state index is 13.4. The van der Waals surface area contributed by atoms with Crippen molar-refractivity contribution in [3.8, 4) is 5.75 Å². The molecule has 0 radical (unpaired) electrons. The maximum Gasteiger partial charge on any atom is 0.173 e. The lowest BCUT2D eigenvalue weighted by Gasteiger charge is -2.48. The fraction of sp³-hybridized carbons (Fsp3) is 0.458. The highest BCUT2D eigenvalue weighted by Crippen LogP contribution is 2.43. The molecule has 1 aromatic carbocycles. The number of carbonyl (C=O) groups excluding carboxylic acids is 1. The molecule has 158 valence electrons. The van der Waals surface area contributed by atoms with Crippen molar-refractivity contribution in [1.82, 2.24) is 4.90 Å². The number of fused-ring (bicyclic) bond motifs is 3. The first-order valence-electron chi connectivity index (χ1n) is 10.6. The minimum atomic E-state index is -0.114. The van der Waals surface area contributed by atoms with E-state index in [1.807, 2.05) is 24.3 Å². The fourth-order valence-electron chi connectivity index (χ4n) is 5.04. The second-order valence-corrected chi connectivity index (χ2v) is 9.32. The van der Waals surface area contributed by atoms with Crippen LogP contribution in [0.2, 0.25) is 0 Å². The van der Waals surface area contributed by atoms with Gasteiger partial charge < -0.3 is 14.2 Å². The Labute approximate surface area is 181 Å². The number of para-hydroxylation sites is 1. The molecule has 1 saturated heterocycles. The largest absolute Gasteiger partial charge is 0.496 e. The Morgan fingerprint density at radius 3 is 2.93 bits per heavy atom. The summed E-state index contributed by atoms with van der Waals surface area (Å²) in [6, 6.07) is 11.9. The zero-order valence-corrected chi connectivity index (χ0v) is 18.0. The molecule has 0 bridgehead atoms. The van der Waals surface area contributed by atoms with Crippen LogP contribution in [0.3, 0.4) is 0 Å². The number of hydrogen-bond acceptors (Lipinski definition) is 6. The lowest BCUT2D eigenvalue weighted by molar-refractivity contribution is -0.169. The van der Waals surface area contributed by atoms with Crippen molar-refractivity contribution in [2.24, 2.45) is 11.8 Å². The van der Waals surface area contributed by atoms with Crippen molar-refractivity contribution in [3.63, 3.8) is 0 Å². The maximum absolute atomic E-state index is 13.4. The second-order valence-electron chi connectivity index (χ2n) is 8.29. The molecule has 0 spiro atoms. The van der Waals surface area contributed by atoms with E-state index in [0.717, 1.165) is 37.9 Å². The molecule has 2 aliphatic heterocycles. The molecule has 3 heterocycles. The number of thiophene rings is 1. The van der Waals surface area contributed by atoms with Crippen LogP contribution in [0.1, 0.15) is 23.3 Å². The van der Waals surface area contributed by atoms with Gasteiger partial charge in [0.15, 0.2) is 5.78 Å². The summed E-state index contributed by atoms with van der Waals surface area (Å²) in [5.41, 5.74) is 1.43. The van der Waals surface area contributed by atoms with Crippen LogP contribution in [0.5, 0.6) is 5.75 Å². The molecular weight excluding hydrogens is 398 g/mol. The van der Waals surface area contributed by atoms with E-state index in [0.29, 0.717) is 18.1 Å². The fourth-order valence-corrected chi connectivity index (χ4v) is 5.73. The van der Waals surface area contributed by atoms with Crippen LogP contribution in [0.4, 0.5) is 0 Å². The van der Waals surface area contributed by atoms with Crippen molar-refractivity contribution in [1.29, 1.82) is 0 Å². The van der Waals surface area contributed by atoms with E-state index >= 15 is 0 Å². The van der Waals surface area contributed by atoms with Crippen molar-refractivity contribution in [2.45, 2.75) is 31.5 Å². The number of allylic oxidation sites excluding steroid dienone is 1. The Balaban J connectivity index is 1.32. The van der Waals surface area contributed by atoms with Gasteiger partial charge in [-0.15, -0.1) is 11.3 Å². The van der Waals surface area contributed by atoms with Gasteiger partial charge >= 0.3 is 0 Å². The quantitative estimate of drug-likeness (QED) is 0.725. The standard InChI is InChI=1S/C24H27NO4S/c1-27-21-7-3-2-6-17(21)20-14-28-24-18(23(20)26)8-9-22-19(24)13-25(15-29-22)11-10-16-5-4-12-30-16/h2-7,12,14,18-19,22,24H,8-11,13,15H2,1H3. The van der Waals surface area contributed by atoms with Gasteiger partial charge in [0, 0.05) is 29.4 Å². The van der Waals surface area contributed by atoms with Crippen LogP contribution < -0.4 is 4.74 Å². The van der Waals surface area contributed by atoms with Crippen LogP contribution in [0.25, 0.3) is 5.57 Å². The third-order valence-electron chi connectivity index (χ3n) is 6.60. The van der Waals surface area contributed by atoms with Gasteiger partial charge in [0.05, 0.1) is 37.7 Å². The highest BCUT2D eigenvalue weighted by Gasteiger charge is 2.49. The summed E-state index contributed by atoms with van der Waals surface area (Å²) in [5, 5.41) is 2.12. The number of hydrogen-bond donors (Lipinski definition) is 0. The van der Waals surface area contributed by atoms with Gasteiger partial charge in [-0.2, -0.15) is 0 Å². The van der Waals surface area contributed by atoms with Gasteiger partial charge in [-0.3, -0.25) is 9.69 Å². The van der Waals surface area contributed by atoms with Crippen LogP contribution >= 0.6 is 11.3 Å². The Morgan fingerprint density at radius 1 is 1.20 bits per heavy atom. The molecule has 5 nitrogen and oxygen atoms in total. The van der Waals surface area contributed by atoms with E-state index in [9.17, 15) is 4.79 Å². The first-order valence-corrected chi connectivity index (χ1v) is 11.5. The van der Waals surface area contributed by atoms with Gasteiger partial charge in [-0.05, 0) is 36.8 Å². The van der Waals surface area contributed by atoms with Crippen molar-refractivity contribution < 1.29 is 19.0 Å². The molecule has 4 atom stereocenters. The minimum Gasteiger partial charge on any atom is -0.496 e. The Bertz CT molecular complexity index is 925. The number of ketones is 1. The molecule has 6 heteroatoms. The highest BCUT2D eigenvalue weighted by atomic mass is 32.1. The monoisotopic (exact) mass is 425 g/mol. The number of rotatable bonds is 5. The first kappa shape index (κ1) is 19.8. The molecule has 5 rings (SSSR count). The summed E-state index contributed by atoms with van der Waals surface area (Å²) >= 11 is 1.80. The molecular formula is C24H27NO4S. The Kier molecular flexibility index (Phi) is 5.63. The summed E-state index contributed by atoms with van der Waals surface area (Å²) < 4.78 is 17.9. The molecule has 3 aliphatic rings. The highest BCUT2D eigenvalue weighted by molar-refractivity contribution is 7.09. The lowest BCUT2D eigenvalue weighted by atomic mass is 9.71. The first-order chi connectivity index (χ1) is 14.7. The molecule has 1 aliphatic carbocycles. The van der Waals surface area contributed by atoms with Crippen LogP contribution in [-0.2, 0) is 20.7 Å². The predicted octanol–water partition coefficient (Wildman–Crippen LogP) is 3.99. The van der Waals surface area contributed by atoms with Gasteiger partial charge in [-0.25, -0.2) is 0 Å². The van der Waals surface area contributed by atoms with Crippen molar-refractivity contribution in [2.75, 3.05) is 26.9 Å². The van der Waals surface area contributed by atoms with Crippen LogP contribution in [0.15, 0.2) is 48.0 Å². The Hall–Kier alpha value is -2.15. The molecule has 0 amide bonds.